The highest BCUT2D eigenvalue weighted by Gasteiger charge is 2.22. The van der Waals surface area contributed by atoms with E-state index in [1.165, 1.54) is 36.1 Å². The molecule has 0 amide bonds. The van der Waals surface area contributed by atoms with Crippen molar-refractivity contribution in [3.63, 3.8) is 0 Å². The average molecular weight is 657 g/mol. The highest BCUT2D eigenvalue weighted by molar-refractivity contribution is 6.07. The summed E-state index contributed by atoms with van der Waals surface area (Å²) in [5, 5.41) is 0.818. The first kappa shape index (κ1) is 33.6. The van der Waals surface area contributed by atoms with Crippen LogP contribution in [0.15, 0.2) is 119 Å². The van der Waals surface area contributed by atoms with Crippen molar-refractivity contribution in [1.82, 2.24) is 0 Å². The van der Waals surface area contributed by atoms with Gasteiger partial charge in [0.2, 0.25) is 0 Å². The molecule has 0 radical (unpaired) electrons. The van der Waals surface area contributed by atoms with Crippen LogP contribution in [-0.2, 0) is 17.8 Å². The first-order valence-electron chi connectivity index (χ1n) is 17.4. The number of pyridine rings is 2. The third kappa shape index (κ3) is 8.23. The second-order valence-electron chi connectivity index (χ2n) is 12.4. The van der Waals surface area contributed by atoms with Gasteiger partial charge < -0.3 is 13.9 Å². The maximum absolute atomic E-state index is 13.1. The van der Waals surface area contributed by atoms with Crippen molar-refractivity contribution >= 4 is 16.9 Å². The molecule has 0 spiro atoms. The molecule has 0 saturated carbocycles. The summed E-state index contributed by atoms with van der Waals surface area (Å²) in [5.74, 6) is 0.766. The molecule has 49 heavy (non-hydrogen) atoms. The van der Waals surface area contributed by atoms with Crippen LogP contribution in [0.3, 0.4) is 0 Å². The summed E-state index contributed by atoms with van der Waals surface area (Å²) in [4.78, 5) is 25.5. The maximum atomic E-state index is 13.1. The van der Waals surface area contributed by atoms with Crippen molar-refractivity contribution in [3.8, 4) is 39.3 Å². The lowest BCUT2D eigenvalue weighted by molar-refractivity contribution is -0.697. The van der Waals surface area contributed by atoms with Crippen molar-refractivity contribution in [2.75, 3.05) is 13.2 Å². The van der Waals surface area contributed by atoms with Gasteiger partial charge in [-0.15, -0.1) is 0 Å². The second-order valence-corrected chi connectivity index (χ2v) is 12.4. The van der Waals surface area contributed by atoms with Gasteiger partial charge in [0.1, 0.15) is 30.2 Å². The van der Waals surface area contributed by atoms with Crippen LogP contribution >= 0.6 is 0 Å². The van der Waals surface area contributed by atoms with Crippen LogP contribution in [0.25, 0.3) is 44.5 Å². The molecule has 4 aromatic rings. The number of carbonyl (C=O) groups is 1. The number of hydrogen-bond acceptors (Lipinski definition) is 5. The van der Waals surface area contributed by atoms with E-state index in [0.29, 0.717) is 35.9 Å². The van der Waals surface area contributed by atoms with Crippen molar-refractivity contribution in [3.05, 3.63) is 126 Å². The molecule has 0 atom stereocenters. The monoisotopic (exact) mass is 656 g/mol. The number of hydrogen-bond donors (Lipinski definition) is 0. The molecule has 2 aromatic heterocycles. The van der Waals surface area contributed by atoms with Crippen LogP contribution < -0.4 is 19.3 Å². The minimum Gasteiger partial charge on any atom is -0.493 e. The minimum absolute atomic E-state index is 0.149. The Morgan fingerprint density at radius 1 is 0.694 bits per heavy atom. The summed E-state index contributed by atoms with van der Waals surface area (Å²) in [6.07, 6.45) is 14.6. The van der Waals surface area contributed by atoms with Gasteiger partial charge >= 0.3 is 5.97 Å². The maximum Gasteiger partial charge on any atom is 0.338 e. The summed E-state index contributed by atoms with van der Waals surface area (Å²) in [6.45, 7) is 7.15. The highest BCUT2D eigenvalue weighted by Crippen LogP contribution is 2.42. The lowest BCUT2D eigenvalue weighted by Crippen LogP contribution is -2.33. The summed E-state index contributed by atoms with van der Waals surface area (Å²) < 4.78 is 22.4. The molecule has 2 aromatic carbocycles. The van der Waals surface area contributed by atoms with Crippen LogP contribution in [0.1, 0.15) is 62.7 Å². The van der Waals surface area contributed by atoms with Crippen LogP contribution in [0.4, 0.5) is 0 Å². The summed E-state index contributed by atoms with van der Waals surface area (Å²) in [6, 6.07) is 26.7. The van der Waals surface area contributed by atoms with Gasteiger partial charge in [-0.05, 0) is 59.9 Å². The molecule has 1 aliphatic carbocycles. The molecule has 7 nitrogen and oxygen atoms in total. The largest absolute Gasteiger partial charge is 0.493 e. The van der Waals surface area contributed by atoms with Crippen LogP contribution in [0, 0.1) is 0 Å². The number of rotatable bonds is 15. The minimum atomic E-state index is -0.368. The number of unbranched alkanes of at least 4 members (excludes halogenated alkanes) is 3. The molecule has 1 aliphatic heterocycles. The number of carbonyl (C=O) groups excluding carboxylic acids is 1. The van der Waals surface area contributed by atoms with Gasteiger partial charge in [0.15, 0.2) is 30.2 Å². The number of ether oxygens (including phenoxy) is 2. The Labute approximate surface area is 287 Å². The molecular formula is C42H44N2O5+2. The van der Waals surface area contributed by atoms with E-state index in [9.17, 15) is 9.59 Å². The van der Waals surface area contributed by atoms with Crippen LogP contribution in [0.2, 0.25) is 0 Å². The second kappa shape index (κ2) is 16.2. The van der Waals surface area contributed by atoms with E-state index in [1.54, 1.807) is 12.1 Å². The van der Waals surface area contributed by atoms with Gasteiger partial charge in [0.05, 0.1) is 18.8 Å². The van der Waals surface area contributed by atoms with E-state index in [4.69, 9.17) is 13.9 Å². The molecule has 0 unspecified atom stereocenters. The fourth-order valence-corrected chi connectivity index (χ4v) is 6.02. The Hall–Kier alpha value is -5.30. The Balaban J connectivity index is 1.13. The molecule has 7 heteroatoms. The fraction of sp³-hybridized carbons (Fsp3) is 0.286. The van der Waals surface area contributed by atoms with Crippen molar-refractivity contribution in [2.45, 2.75) is 65.5 Å². The average Bonchev–Trinajstić information content (AvgIpc) is 3.13. The van der Waals surface area contributed by atoms with Crippen molar-refractivity contribution in [2.24, 2.45) is 0 Å². The first-order valence-corrected chi connectivity index (χ1v) is 17.4. The van der Waals surface area contributed by atoms with Gasteiger partial charge in [0, 0.05) is 65.8 Å². The fourth-order valence-electron chi connectivity index (χ4n) is 6.02. The van der Waals surface area contributed by atoms with Crippen LogP contribution in [-0.4, -0.2) is 19.2 Å². The summed E-state index contributed by atoms with van der Waals surface area (Å²) in [7, 11) is 0. The zero-order valence-electron chi connectivity index (χ0n) is 28.4. The van der Waals surface area contributed by atoms with Crippen LogP contribution in [0.5, 0.6) is 5.75 Å². The highest BCUT2D eigenvalue weighted by atomic mass is 16.5. The third-order valence-corrected chi connectivity index (χ3v) is 8.78. The normalized spacial score (nSPS) is 11.2. The smallest absolute Gasteiger partial charge is 0.338 e. The zero-order chi connectivity index (χ0) is 34.0. The van der Waals surface area contributed by atoms with E-state index in [2.05, 4.69) is 72.0 Å². The topological polar surface area (TPSA) is 73.5 Å². The van der Waals surface area contributed by atoms with Crippen molar-refractivity contribution in [1.29, 1.82) is 0 Å². The number of fused-ring (bicyclic) bond motifs is 2. The molecule has 0 bridgehead atoms. The Morgan fingerprint density at radius 3 is 2.10 bits per heavy atom. The van der Waals surface area contributed by atoms with E-state index in [0.717, 1.165) is 60.8 Å². The molecule has 250 valence electrons. The van der Waals surface area contributed by atoms with Gasteiger partial charge in [0.25, 0.3) is 0 Å². The van der Waals surface area contributed by atoms with E-state index in [1.807, 2.05) is 36.4 Å². The SMILES string of the molecule is CCCCOC(=O)c1ccccc1-c1c2ccc(=O)cc-2oc2cc(OCCCC[n+]3ccc(-c4cc[n+](CCCC)cc4)cc3)ccc12. The number of benzene rings is 3. The Morgan fingerprint density at radius 2 is 1.39 bits per heavy atom. The number of aryl methyl sites for hydroxylation is 2. The predicted molar refractivity (Wildman–Crippen MR) is 192 cm³/mol. The lowest BCUT2D eigenvalue weighted by Gasteiger charge is -2.18. The van der Waals surface area contributed by atoms with E-state index < -0.39 is 0 Å². The first-order chi connectivity index (χ1) is 24.0. The molecule has 3 heterocycles. The molecule has 6 rings (SSSR count). The summed E-state index contributed by atoms with van der Waals surface area (Å²) >= 11 is 0. The van der Waals surface area contributed by atoms with Gasteiger partial charge in [-0.3, -0.25) is 4.79 Å². The standard InChI is InChI=1S/C42H44N2O5/c1-3-5-21-43-23-17-31(18-24-43)32-19-25-44(26-20-32)22-9-10-28-47-34-14-16-38-40(30-34)49-39-29-33(45)13-15-37(39)41(38)35-11-7-8-12-36(35)42(46)48-27-6-4-2/h7-8,11-20,23-26,29-30H,3-6,9-10,21-22,27-28H2,1-2H3/q+2. The molecule has 0 saturated heterocycles. The van der Waals surface area contributed by atoms with Gasteiger partial charge in [-0.25, -0.2) is 13.9 Å². The molecule has 0 fully saturated rings. The summed E-state index contributed by atoms with van der Waals surface area (Å²) in [5.41, 5.74) is 5.62. The van der Waals surface area contributed by atoms with Gasteiger partial charge in [-0.1, -0.05) is 44.9 Å². The number of aromatic nitrogens is 2. The predicted octanol–water partition coefficient (Wildman–Crippen LogP) is 8.42. The third-order valence-electron chi connectivity index (χ3n) is 8.78. The Kier molecular flexibility index (Phi) is 11.1. The molecule has 2 aliphatic rings. The quantitative estimate of drug-likeness (QED) is 0.0480. The number of esters is 1. The zero-order valence-corrected chi connectivity index (χ0v) is 28.4. The molecule has 0 N–H and O–H groups in total. The van der Waals surface area contributed by atoms with E-state index in [-0.39, 0.29) is 11.4 Å². The molecular weight excluding hydrogens is 612 g/mol. The Bertz CT molecular complexity index is 2030. The number of nitrogens with zero attached hydrogens (tertiary/aromatic N) is 2. The van der Waals surface area contributed by atoms with Crippen molar-refractivity contribution < 1.29 is 27.8 Å². The van der Waals surface area contributed by atoms with E-state index >= 15 is 0 Å². The van der Waals surface area contributed by atoms with Gasteiger partial charge in [-0.2, -0.15) is 0 Å². The lowest BCUT2D eigenvalue weighted by atomic mass is 9.91.